The van der Waals surface area contributed by atoms with E-state index in [0.717, 1.165) is 19.4 Å². The standard InChI is InChI=1S/C14H22N2OS/c1-4-9(2)13(15)14(17)16-7-5-12-11(10(16)3)6-8-18-12/h6,8-10,13H,4-5,7,15H2,1-3H3. The molecule has 0 spiro atoms. The van der Waals surface area contributed by atoms with E-state index in [1.807, 2.05) is 11.8 Å². The third kappa shape index (κ3) is 2.31. The summed E-state index contributed by atoms with van der Waals surface area (Å²) in [6.45, 7) is 7.03. The van der Waals surface area contributed by atoms with E-state index in [1.165, 1.54) is 10.4 Å². The largest absolute Gasteiger partial charge is 0.334 e. The number of hydrogen-bond acceptors (Lipinski definition) is 3. The van der Waals surface area contributed by atoms with Crippen molar-refractivity contribution in [3.8, 4) is 0 Å². The van der Waals surface area contributed by atoms with E-state index in [-0.39, 0.29) is 23.9 Å². The quantitative estimate of drug-likeness (QED) is 0.914. The molecule has 2 N–H and O–H groups in total. The van der Waals surface area contributed by atoms with Crippen LogP contribution in [0.3, 0.4) is 0 Å². The Balaban J connectivity index is 2.14. The zero-order chi connectivity index (χ0) is 13.3. The molecule has 18 heavy (non-hydrogen) atoms. The van der Waals surface area contributed by atoms with E-state index in [0.29, 0.717) is 0 Å². The minimum atomic E-state index is -0.363. The van der Waals surface area contributed by atoms with Crippen LogP contribution >= 0.6 is 11.3 Å². The van der Waals surface area contributed by atoms with Crippen LogP contribution in [0.2, 0.25) is 0 Å². The Morgan fingerprint density at radius 2 is 2.39 bits per heavy atom. The summed E-state index contributed by atoms with van der Waals surface area (Å²) in [5.74, 6) is 0.349. The van der Waals surface area contributed by atoms with Crippen molar-refractivity contribution in [2.45, 2.75) is 45.7 Å². The molecule has 0 bridgehead atoms. The molecule has 0 saturated carbocycles. The maximum Gasteiger partial charge on any atom is 0.240 e. The highest BCUT2D eigenvalue weighted by Gasteiger charge is 2.32. The molecule has 4 heteroatoms. The zero-order valence-electron chi connectivity index (χ0n) is 11.3. The van der Waals surface area contributed by atoms with Gasteiger partial charge >= 0.3 is 0 Å². The maximum atomic E-state index is 12.4. The first-order chi connectivity index (χ1) is 8.56. The number of amides is 1. The van der Waals surface area contributed by atoms with Crippen LogP contribution in [-0.4, -0.2) is 23.4 Å². The summed E-state index contributed by atoms with van der Waals surface area (Å²) in [6.07, 6.45) is 1.91. The van der Waals surface area contributed by atoms with Gasteiger partial charge in [0.25, 0.3) is 0 Å². The minimum absolute atomic E-state index is 0.105. The van der Waals surface area contributed by atoms with Gasteiger partial charge in [-0.2, -0.15) is 0 Å². The van der Waals surface area contributed by atoms with Gasteiger partial charge in [-0.3, -0.25) is 4.79 Å². The van der Waals surface area contributed by atoms with Crippen molar-refractivity contribution >= 4 is 17.2 Å². The van der Waals surface area contributed by atoms with E-state index in [1.54, 1.807) is 11.3 Å². The molecule has 1 aliphatic rings. The Kier molecular flexibility index (Phi) is 4.07. The first-order valence-corrected chi connectivity index (χ1v) is 7.56. The summed E-state index contributed by atoms with van der Waals surface area (Å²) in [5, 5.41) is 2.11. The number of hydrogen-bond donors (Lipinski definition) is 1. The number of carbonyl (C=O) groups is 1. The van der Waals surface area contributed by atoms with Crippen LogP contribution in [0.15, 0.2) is 11.4 Å². The van der Waals surface area contributed by atoms with Crippen LogP contribution in [0.25, 0.3) is 0 Å². The van der Waals surface area contributed by atoms with Crippen LogP contribution in [0.4, 0.5) is 0 Å². The van der Waals surface area contributed by atoms with Crippen LogP contribution in [0.5, 0.6) is 0 Å². The summed E-state index contributed by atoms with van der Waals surface area (Å²) < 4.78 is 0. The fourth-order valence-corrected chi connectivity index (χ4v) is 3.46. The molecular weight excluding hydrogens is 244 g/mol. The summed E-state index contributed by atoms with van der Waals surface area (Å²) in [4.78, 5) is 15.8. The van der Waals surface area contributed by atoms with Gasteiger partial charge in [0.05, 0.1) is 12.1 Å². The van der Waals surface area contributed by atoms with E-state index in [4.69, 9.17) is 5.73 Å². The first-order valence-electron chi connectivity index (χ1n) is 6.68. The molecule has 1 aliphatic heterocycles. The third-order valence-electron chi connectivity index (χ3n) is 4.10. The molecule has 2 heterocycles. The normalized spacial score (nSPS) is 22.4. The molecule has 0 fully saturated rings. The van der Waals surface area contributed by atoms with Crippen molar-refractivity contribution in [2.24, 2.45) is 11.7 Å². The lowest BCUT2D eigenvalue weighted by molar-refractivity contribution is -0.136. The molecule has 100 valence electrons. The summed E-state index contributed by atoms with van der Waals surface area (Å²) in [5.41, 5.74) is 7.37. The van der Waals surface area contributed by atoms with Gasteiger partial charge in [0.15, 0.2) is 0 Å². The van der Waals surface area contributed by atoms with Gasteiger partial charge in [-0.05, 0) is 36.3 Å². The molecule has 0 saturated heterocycles. The van der Waals surface area contributed by atoms with Gasteiger partial charge in [-0.25, -0.2) is 0 Å². The van der Waals surface area contributed by atoms with Gasteiger partial charge in [0.1, 0.15) is 0 Å². The molecule has 1 amide bonds. The molecule has 1 aromatic rings. The van der Waals surface area contributed by atoms with E-state index < -0.39 is 0 Å². The predicted octanol–water partition coefficient (Wildman–Crippen LogP) is 2.57. The van der Waals surface area contributed by atoms with Crippen LogP contribution in [0.1, 0.15) is 43.7 Å². The Hall–Kier alpha value is -0.870. The van der Waals surface area contributed by atoms with E-state index in [9.17, 15) is 4.79 Å². The summed E-state index contributed by atoms with van der Waals surface area (Å²) in [6, 6.07) is 1.94. The lowest BCUT2D eigenvalue weighted by Crippen LogP contribution is -2.49. The van der Waals surface area contributed by atoms with Crippen molar-refractivity contribution in [3.05, 3.63) is 21.9 Å². The number of rotatable bonds is 3. The van der Waals surface area contributed by atoms with Crippen molar-refractivity contribution in [1.29, 1.82) is 0 Å². The Morgan fingerprint density at radius 3 is 3.06 bits per heavy atom. The zero-order valence-corrected chi connectivity index (χ0v) is 12.2. The Labute approximate surface area is 113 Å². The first kappa shape index (κ1) is 13.6. The highest BCUT2D eigenvalue weighted by Crippen LogP contribution is 2.33. The molecule has 0 aliphatic carbocycles. The number of fused-ring (bicyclic) bond motifs is 1. The minimum Gasteiger partial charge on any atom is -0.334 e. The van der Waals surface area contributed by atoms with Gasteiger partial charge in [-0.15, -0.1) is 11.3 Å². The van der Waals surface area contributed by atoms with Crippen molar-refractivity contribution in [2.75, 3.05) is 6.54 Å². The van der Waals surface area contributed by atoms with Gasteiger partial charge in [0, 0.05) is 11.4 Å². The Bertz CT molecular complexity index is 429. The van der Waals surface area contributed by atoms with Crippen molar-refractivity contribution < 1.29 is 4.79 Å². The van der Waals surface area contributed by atoms with Crippen molar-refractivity contribution in [3.63, 3.8) is 0 Å². The average Bonchev–Trinajstić information content (AvgIpc) is 2.86. The summed E-state index contributed by atoms with van der Waals surface area (Å²) >= 11 is 1.79. The Morgan fingerprint density at radius 1 is 1.67 bits per heavy atom. The van der Waals surface area contributed by atoms with Gasteiger partial charge < -0.3 is 10.6 Å². The predicted molar refractivity (Wildman–Crippen MR) is 75.6 cm³/mol. The van der Waals surface area contributed by atoms with Gasteiger partial charge in [0.2, 0.25) is 5.91 Å². The SMILES string of the molecule is CCC(C)C(N)C(=O)N1CCc2sccc2C1C. The molecule has 0 radical (unpaired) electrons. The lowest BCUT2D eigenvalue weighted by Gasteiger charge is -2.36. The molecule has 0 aromatic carbocycles. The number of carbonyl (C=O) groups excluding carboxylic acids is 1. The second-order valence-electron chi connectivity index (χ2n) is 5.17. The smallest absolute Gasteiger partial charge is 0.240 e. The van der Waals surface area contributed by atoms with Crippen LogP contribution < -0.4 is 5.73 Å². The van der Waals surface area contributed by atoms with Crippen LogP contribution in [0, 0.1) is 5.92 Å². The van der Waals surface area contributed by atoms with Crippen molar-refractivity contribution in [1.82, 2.24) is 4.90 Å². The highest BCUT2D eigenvalue weighted by molar-refractivity contribution is 7.10. The third-order valence-corrected chi connectivity index (χ3v) is 5.10. The number of thiophene rings is 1. The van der Waals surface area contributed by atoms with Crippen LogP contribution in [-0.2, 0) is 11.2 Å². The molecule has 3 unspecified atom stereocenters. The number of nitrogens with zero attached hydrogens (tertiary/aromatic N) is 1. The van der Waals surface area contributed by atoms with E-state index >= 15 is 0 Å². The molecule has 3 atom stereocenters. The fraction of sp³-hybridized carbons (Fsp3) is 0.643. The number of nitrogens with two attached hydrogens (primary N) is 1. The second kappa shape index (κ2) is 5.41. The lowest BCUT2D eigenvalue weighted by atomic mass is 9.95. The fourth-order valence-electron chi connectivity index (χ4n) is 2.50. The maximum absolute atomic E-state index is 12.4. The second-order valence-corrected chi connectivity index (χ2v) is 6.17. The average molecular weight is 266 g/mol. The molecule has 2 rings (SSSR count). The highest BCUT2D eigenvalue weighted by atomic mass is 32.1. The summed E-state index contributed by atoms with van der Waals surface area (Å²) in [7, 11) is 0. The monoisotopic (exact) mass is 266 g/mol. The van der Waals surface area contributed by atoms with Gasteiger partial charge in [-0.1, -0.05) is 20.3 Å². The topological polar surface area (TPSA) is 46.3 Å². The molecule has 1 aromatic heterocycles. The van der Waals surface area contributed by atoms with E-state index in [2.05, 4.69) is 25.3 Å². The molecular formula is C14H22N2OS. The molecule has 3 nitrogen and oxygen atoms in total.